The normalized spacial score (nSPS) is 17.7. The molecule has 1 amide bonds. The Hall–Kier alpha value is -2.09. The maximum absolute atomic E-state index is 13.2. The fourth-order valence-corrected chi connectivity index (χ4v) is 5.33. The molecule has 156 valence electrons. The zero-order valence-corrected chi connectivity index (χ0v) is 18.1. The highest BCUT2D eigenvalue weighted by Crippen LogP contribution is 2.30. The number of ether oxygens (including phenoxy) is 1. The highest BCUT2D eigenvalue weighted by Gasteiger charge is 2.34. The SMILES string of the molecule is COc1ccc(C)cc1S(=O)(=O)N1CCC[C@H](C(=O)NCc2ccc(Cl)cc2)C1. The summed E-state index contributed by atoms with van der Waals surface area (Å²) in [5, 5.41) is 3.54. The number of nitrogens with zero attached hydrogens (tertiary/aromatic N) is 1. The molecule has 29 heavy (non-hydrogen) atoms. The van der Waals surface area contributed by atoms with Crippen LogP contribution in [0, 0.1) is 12.8 Å². The molecule has 1 atom stereocenters. The lowest BCUT2D eigenvalue weighted by Crippen LogP contribution is -2.45. The van der Waals surface area contributed by atoms with E-state index in [2.05, 4.69) is 5.32 Å². The Morgan fingerprint density at radius 1 is 1.24 bits per heavy atom. The number of sulfonamides is 1. The van der Waals surface area contributed by atoms with E-state index >= 15 is 0 Å². The van der Waals surface area contributed by atoms with E-state index in [1.54, 1.807) is 30.3 Å². The summed E-state index contributed by atoms with van der Waals surface area (Å²) in [6, 6.07) is 12.3. The third-order valence-corrected chi connectivity index (χ3v) is 7.21. The molecule has 0 aromatic heterocycles. The van der Waals surface area contributed by atoms with Gasteiger partial charge in [0.1, 0.15) is 10.6 Å². The molecular weight excluding hydrogens is 412 g/mol. The summed E-state index contributed by atoms with van der Waals surface area (Å²) in [6.07, 6.45) is 1.29. The summed E-state index contributed by atoms with van der Waals surface area (Å²) in [7, 11) is -2.30. The number of amides is 1. The topological polar surface area (TPSA) is 75.7 Å². The number of rotatable bonds is 6. The van der Waals surface area contributed by atoms with Crippen LogP contribution in [0.15, 0.2) is 47.4 Å². The Kier molecular flexibility index (Phi) is 6.82. The van der Waals surface area contributed by atoms with Crippen LogP contribution in [0.25, 0.3) is 0 Å². The Morgan fingerprint density at radius 3 is 2.66 bits per heavy atom. The summed E-state index contributed by atoms with van der Waals surface area (Å²) >= 11 is 5.88. The van der Waals surface area contributed by atoms with Crippen molar-refractivity contribution in [3.8, 4) is 5.75 Å². The molecule has 2 aromatic carbocycles. The van der Waals surface area contributed by atoms with E-state index in [0.29, 0.717) is 36.7 Å². The van der Waals surface area contributed by atoms with E-state index in [1.807, 2.05) is 19.1 Å². The van der Waals surface area contributed by atoms with Crippen LogP contribution in [0.3, 0.4) is 0 Å². The van der Waals surface area contributed by atoms with Crippen molar-refractivity contribution in [1.29, 1.82) is 0 Å². The fourth-order valence-electron chi connectivity index (χ4n) is 3.44. The smallest absolute Gasteiger partial charge is 0.246 e. The summed E-state index contributed by atoms with van der Waals surface area (Å²) in [4.78, 5) is 12.8. The van der Waals surface area contributed by atoms with Gasteiger partial charge in [-0.15, -0.1) is 0 Å². The number of halogens is 1. The highest BCUT2D eigenvalue weighted by molar-refractivity contribution is 7.89. The first-order valence-electron chi connectivity index (χ1n) is 9.48. The van der Waals surface area contributed by atoms with Crippen LogP contribution >= 0.6 is 11.6 Å². The molecule has 0 saturated carbocycles. The van der Waals surface area contributed by atoms with E-state index < -0.39 is 10.0 Å². The number of methoxy groups -OCH3 is 1. The van der Waals surface area contributed by atoms with Crippen molar-refractivity contribution in [2.75, 3.05) is 20.2 Å². The van der Waals surface area contributed by atoms with Gasteiger partial charge in [0, 0.05) is 24.7 Å². The van der Waals surface area contributed by atoms with Crippen molar-refractivity contribution in [2.45, 2.75) is 31.2 Å². The Labute approximate surface area is 176 Å². The van der Waals surface area contributed by atoms with E-state index in [4.69, 9.17) is 16.3 Å². The van der Waals surface area contributed by atoms with Crippen molar-refractivity contribution in [3.63, 3.8) is 0 Å². The Bertz CT molecular complexity index is 977. The molecule has 1 saturated heterocycles. The van der Waals surface area contributed by atoms with Crippen LogP contribution in [0.1, 0.15) is 24.0 Å². The van der Waals surface area contributed by atoms with Crippen molar-refractivity contribution in [2.24, 2.45) is 5.92 Å². The lowest BCUT2D eigenvalue weighted by Gasteiger charge is -2.31. The largest absolute Gasteiger partial charge is 0.495 e. The molecule has 2 aromatic rings. The minimum absolute atomic E-state index is 0.141. The van der Waals surface area contributed by atoms with Gasteiger partial charge in [-0.3, -0.25) is 4.79 Å². The molecule has 8 heteroatoms. The average molecular weight is 437 g/mol. The number of aryl methyl sites for hydroxylation is 1. The van der Waals surface area contributed by atoms with Gasteiger partial charge in [0.15, 0.2) is 0 Å². The molecular formula is C21H25ClN2O4S. The number of hydrogen-bond donors (Lipinski definition) is 1. The minimum atomic E-state index is -3.75. The minimum Gasteiger partial charge on any atom is -0.495 e. The Balaban J connectivity index is 1.70. The van der Waals surface area contributed by atoms with Crippen molar-refractivity contribution in [1.82, 2.24) is 9.62 Å². The number of piperidine rings is 1. The molecule has 0 bridgehead atoms. The highest BCUT2D eigenvalue weighted by atomic mass is 35.5. The predicted octanol–water partition coefficient (Wildman–Crippen LogP) is 3.37. The maximum atomic E-state index is 13.2. The van der Waals surface area contributed by atoms with Crippen molar-refractivity contribution >= 4 is 27.5 Å². The molecule has 1 aliphatic rings. The first kappa shape index (κ1) is 21.6. The first-order chi connectivity index (χ1) is 13.8. The third kappa shape index (κ3) is 5.10. The van der Waals surface area contributed by atoms with Crippen molar-refractivity contribution < 1.29 is 17.9 Å². The monoisotopic (exact) mass is 436 g/mol. The molecule has 1 aliphatic heterocycles. The van der Waals surface area contributed by atoms with E-state index in [9.17, 15) is 13.2 Å². The molecule has 0 unspecified atom stereocenters. The first-order valence-corrected chi connectivity index (χ1v) is 11.3. The molecule has 0 spiro atoms. The van der Waals surface area contributed by atoms with Crippen LogP contribution in [0.5, 0.6) is 5.75 Å². The van der Waals surface area contributed by atoms with Gasteiger partial charge in [0.05, 0.1) is 13.0 Å². The van der Waals surface area contributed by atoms with Gasteiger partial charge in [0.2, 0.25) is 15.9 Å². The maximum Gasteiger partial charge on any atom is 0.246 e. The molecule has 1 fully saturated rings. The molecule has 0 radical (unpaired) electrons. The second-order valence-electron chi connectivity index (χ2n) is 7.20. The molecule has 6 nitrogen and oxygen atoms in total. The van der Waals surface area contributed by atoms with Gasteiger partial charge < -0.3 is 10.1 Å². The van der Waals surface area contributed by atoms with Gasteiger partial charge in [0.25, 0.3) is 0 Å². The molecule has 0 aliphatic carbocycles. The average Bonchev–Trinajstić information content (AvgIpc) is 2.73. The zero-order valence-electron chi connectivity index (χ0n) is 16.5. The third-order valence-electron chi connectivity index (χ3n) is 5.07. The number of benzene rings is 2. The van der Waals surface area contributed by atoms with Gasteiger partial charge in [-0.25, -0.2) is 8.42 Å². The summed E-state index contributed by atoms with van der Waals surface area (Å²) in [5.41, 5.74) is 1.77. The van der Waals surface area contributed by atoms with Gasteiger partial charge in [-0.05, 0) is 55.2 Å². The summed E-state index contributed by atoms with van der Waals surface area (Å²) < 4.78 is 33.0. The number of carbonyl (C=O) groups excluding carboxylic acids is 1. The molecule has 3 rings (SSSR count). The second kappa shape index (κ2) is 9.15. The lowest BCUT2D eigenvalue weighted by molar-refractivity contribution is -0.126. The van der Waals surface area contributed by atoms with Gasteiger partial charge in [-0.1, -0.05) is 29.8 Å². The van der Waals surface area contributed by atoms with Gasteiger partial charge in [-0.2, -0.15) is 4.31 Å². The molecule has 1 heterocycles. The van der Waals surface area contributed by atoms with Crippen LogP contribution in [0.4, 0.5) is 0 Å². The zero-order chi connectivity index (χ0) is 21.0. The van der Waals surface area contributed by atoms with Gasteiger partial charge >= 0.3 is 0 Å². The summed E-state index contributed by atoms with van der Waals surface area (Å²) in [5.74, 6) is -0.220. The number of carbonyl (C=O) groups is 1. The summed E-state index contributed by atoms with van der Waals surface area (Å²) in [6.45, 7) is 2.76. The predicted molar refractivity (Wildman–Crippen MR) is 113 cm³/mol. The van der Waals surface area contributed by atoms with E-state index in [-0.39, 0.29) is 23.3 Å². The van der Waals surface area contributed by atoms with Crippen LogP contribution in [-0.4, -0.2) is 38.8 Å². The Morgan fingerprint density at radius 2 is 1.97 bits per heavy atom. The van der Waals surface area contributed by atoms with Crippen LogP contribution < -0.4 is 10.1 Å². The lowest BCUT2D eigenvalue weighted by atomic mass is 9.99. The fraction of sp³-hybridized carbons (Fsp3) is 0.381. The number of nitrogens with one attached hydrogen (secondary N) is 1. The quantitative estimate of drug-likeness (QED) is 0.753. The molecule has 1 N–H and O–H groups in total. The van der Waals surface area contributed by atoms with E-state index in [0.717, 1.165) is 11.1 Å². The van der Waals surface area contributed by atoms with Crippen LogP contribution in [0.2, 0.25) is 5.02 Å². The standard InChI is InChI=1S/C21H25ClN2O4S/c1-15-5-10-19(28-2)20(12-15)29(26,27)24-11-3-4-17(14-24)21(25)23-13-16-6-8-18(22)9-7-16/h5-10,12,17H,3-4,11,13-14H2,1-2H3,(H,23,25)/t17-/m0/s1. The second-order valence-corrected chi connectivity index (χ2v) is 9.54. The number of hydrogen-bond acceptors (Lipinski definition) is 4. The van der Waals surface area contributed by atoms with Crippen LogP contribution in [-0.2, 0) is 21.4 Å². The van der Waals surface area contributed by atoms with Crippen molar-refractivity contribution in [3.05, 3.63) is 58.6 Å². The van der Waals surface area contributed by atoms with E-state index in [1.165, 1.54) is 11.4 Å².